The minimum atomic E-state index is -0.296. The molecule has 0 saturated heterocycles. The van der Waals surface area contributed by atoms with Gasteiger partial charge in [0, 0.05) is 5.56 Å². The van der Waals surface area contributed by atoms with Gasteiger partial charge in [0.25, 0.3) is 5.56 Å². The molecule has 0 unspecified atom stereocenters. The molecule has 0 amide bonds. The van der Waals surface area contributed by atoms with E-state index in [2.05, 4.69) is 18.2 Å². The number of rotatable bonds is 5. The minimum Gasteiger partial charge on any atom is -0.502 e. The number of phenols is 1. The Kier molecular flexibility index (Phi) is 6.04. The van der Waals surface area contributed by atoms with Crippen molar-refractivity contribution in [1.29, 1.82) is 0 Å². The Bertz CT molecular complexity index is 1760. The van der Waals surface area contributed by atoms with Crippen molar-refractivity contribution in [3.63, 3.8) is 0 Å². The fraction of sp³-hybridized carbons (Fsp3) is 0.200. The van der Waals surface area contributed by atoms with Gasteiger partial charge in [0.1, 0.15) is 5.75 Å². The zero-order valence-corrected chi connectivity index (χ0v) is 22.0. The van der Waals surface area contributed by atoms with Crippen LogP contribution in [0.1, 0.15) is 34.7 Å². The first-order valence-corrected chi connectivity index (χ1v) is 13.1. The summed E-state index contributed by atoms with van der Waals surface area (Å²) in [5, 5.41) is 10.3. The molecule has 192 valence electrons. The monoisotopic (exact) mass is 526 g/mol. The van der Waals surface area contributed by atoms with Gasteiger partial charge < -0.3 is 19.3 Å². The molecule has 38 heavy (non-hydrogen) atoms. The van der Waals surface area contributed by atoms with E-state index in [9.17, 15) is 9.90 Å². The lowest BCUT2D eigenvalue weighted by atomic mass is 9.83. The molecule has 0 bridgehead atoms. The molecule has 1 aliphatic heterocycles. The number of phenolic OH excluding ortho intramolecular Hbond substituents is 1. The van der Waals surface area contributed by atoms with E-state index in [1.807, 2.05) is 30.3 Å². The van der Waals surface area contributed by atoms with Crippen molar-refractivity contribution in [2.75, 3.05) is 21.3 Å². The van der Waals surface area contributed by atoms with Crippen LogP contribution in [-0.4, -0.2) is 31.0 Å². The van der Waals surface area contributed by atoms with Crippen LogP contribution in [0, 0.1) is 0 Å². The Labute approximate surface area is 223 Å². The summed E-state index contributed by atoms with van der Waals surface area (Å²) in [5.74, 6) is 1.19. The first-order chi connectivity index (χ1) is 18.5. The van der Waals surface area contributed by atoms with Crippen LogP contribution in [0.3, 0.4) is 0 Å². The number of nitrogens with zero attached hydrogens (tertiary/aromatic N) is 2. The van der Waals surface area contributed by atoms with Crippen LogP contribution in [0.2, 0.25) is 0 Å². The first-order valence-electron chi connectivity index (χ1n) is 12.2. The molecule has 1 aliphatic carbocycles. The fourth-order valence-corrected chi connectivity index (χ4v) is 6.28. The summed E-state index contributed by atoms with van der Waals surface area (Å²) in [6.45, 7) is 0. The molecular weight excluding hydrogens is 500 g/mol. The number of ether oxygens (including phenoxy) is 3. The van der Waals surface area contributed by atoms with Crippen LogP contribution >= 0.6 is 11.3 Å². The zero-order valence-electron chi connectivity index (χ0n) is 21.2. The van der Waals surface area contributed by atoms with Gasteiger partial charge >= 0.3 is 0 Å². The fourth-order valence-electron chi connectivity index (χ4n) is 5.28. The van der Waals surface area contributed by atoms with Gasteiger partial charge in [0.05, 0.1) is 37.6 Å². The van der Waals surface area contributed by atoms with Crippen LogP contribution in [0.5, 0.6) is 23.0 Å². The number of aryl methyl sites for hydroxylation is 1. The van der Waals surface area contributed by atoms with Gasteiger partial charge in [-0.1, -0.05) is 47.7 Å². The van der Waals surface area contributed by atoms with Crippen molar-refractivity contribution in [3.8, 4) is 23.0 Å². The highest BCUT2D eigenvalue weighted by Crippen LogP contribution is 2.42. The number of aromatic hydroxyl groups is 1. The Morgan fingerprint density at radius 3 is 2.47 bits per heavy atom. The maximum atomic E-state index is 14.0. The summed E-state index contributed by atoms with van der Waals surface area (Å²) in [4.78, 5) is 19.7. The Hall–Kier alpha value is -4.30. The Balaban J connectivity index is 1.61. The van der Waals surface area contributed by atoms with Crippen molar-refractivity contribution in [2.24, 2.45) is 4.99 Å². The van der Waals surface area contributed by atoms with Crippen molar-refractivity contribution >= 4 is 23.1 Å². The average molecular weight is 527 g/mol. The van der Waals surface area contributed by atoms with E-state index >= 15 is 0 Å². The van der Waals surface area contributed by atoms with E-state index in [1.54, 1.807) is 29.9 Å². The predicted molar refractivity (Wildman–Crippen MR) is 147 cm³/mol. The molecule has 0 radical (unpaired) electrons. The van der Waals surface area contributed by atoms with Gasteiger partial charge in [-0.15, -0.1) is 0 Å². The smallest absolute Gasteiger partial charge is 0.271 e. The summed E-state index contributed by atoms with van der Waals surface area (Å²) in [7, 11) is 4.59. The molecule has 1 atom stereocenters. The molecule has 7 nitrogen and oxygen atoms in total. The molecule has 1 aromatic heterocycles. The number of aromatic nitrogens is 1. The largest absolute Gasteiger partial charge is 0.502 e. The highest BCUT2D eigenvalue weighted by atomic mass is 32.1. The Morgan fingerprint density at radius 2 is 1.74 bits per heavy atom. The molecule has 2 aliphatic rings. The van der Waals surface area contributed by atoms with E-state index in [1.165, 1.54) is 31.1 Å². The summed E-state index contributed by atoms with van der Waals surface area (Å²) in [5.41, 5.74) is 5.98. The van der Waals surface area contributed by atoms with E-state index in [0.29, 0.717) is 14.9 Å². The number of allylic oxidation sites excluding steroid dienone is 1. The molecule has 0 saturated carbocycles. The lowest BCUT2D eigenvalue weighted by molar-refractivity contribution is 0.340. The molecular formula is C30H26N2O5S. The number of hydrogen-bond acceptors (Lipinski definition) is 7. The van der Waals surface area contributed by atoms with Crippen LogP contribution in [-0.2, 0) is 6.42 Å². The molecule has 4 aromatic rings. The molecule has 0 fully saturated rings. The topological polar surface area (TPSA) is 82.3 Å². The van der Waals surface area contributed by atoms with Crippen molar-refractivity contribution in [1.82, 2.24) is 4.57 Å². The van der Waals surface area contributed by atoms with Gasteiger partial charge in [-0.2, -0.15) is 0 Å². The van der Waals surface area contributed by atoms with Gasteiger partial charge in [-0.05, 0) is 65.4 Å². The van der Waals surface area contributed by atoms with E-state index in [0.717, 1.165) is 41.0 Å². The van der Waals surface area contributed by atoms with Gasteiger partial charge in [-0.25, -0.2) is 4.99 Å². The number of hydrogen-bond donors (Lipinski definition) is 1. The van der Waals surface area contributed by atoms with Crippen LogP contribution in [0.4, 0.5) is 0 Å². The SMILES string of the molecule is COc1cccc([C@@H]2C3=C(N=c4s/c(=C\c5cc(OC)c(O)c(OC)c5)c(=O)n42)c2ccccc2CC3)c1. The maximum absolute atomic E-state index is 14.0. The van der Waals surface area contributed by atoms with E-state index in [4.69, 9.17) is 19.2 Å². The quantitative estimate of drug-likeness (QED) is 0.424. The highest BCUT2D eigenvalue weighted by Gasteiger charge is 2.32. The molecule has 1 N–H and O–H groups in total. The minimum absolute atomic E-state index is 0.0852. The zero-order chi connectivity index (χ0) is 26.4. The third-order valence-electron chi connectivity index (χ3n) is 7.08. The second-order valence-electron chi connectivity index (χ2n) is 9.16. The average Bonchev–Trinajstić information content (AvgIpc) is 3.26. The predicted octanol–water partition coefficient (Wildman–Crippen LogP) is 4.05. The normalized spacial score (nSPS) is 16.3. The number of methoxy groups -OCH3 is 3. The van der Waals surface area contributed by atoms with Gasteiger partial charge in [0.15, 0.2) is 16.3 Å². The second-order valence-corrected chi connectivity index (χ2v) is 10.2. The first kappa shape index (κ1) is 24.1. The lowest BCUT2D eigenvalue weighted by Gasteiger charge is -2.31. The third-order valence-corrected chi connectivity index (χ3v) is 8.07. The number of fused-ring (bicyclic) bond motifs is 3. The van der Waals surface area contributed by atoms with E-state index in [-0.39, 0.29) is 28.8 Å². The van der Waals surface area contributed by atoms with Crippen LogP contribution in [0.25, 0.3) is 11.8 Å². The summed E-state index contributed by atoms with van der Waals surface area (Å²) in [6.07, 6.45) is 3.49. The lowest BCUT2D eigenvalue weighted by Crippen LogP contribution is -2.38. The van der Waals surface area contributed by atoms with Crippen LogP contribution in [0.15, 0.2) is 76.0 Å². The molecule has 0 spiro atoms. The van der Waals surface area contributed by atoms with Crippen molar-refractivity contribution in [2.45, 2.75) is 18.9 Å². The summed E-state index contributed by atoms with van der Waals surface area (Å²) >= 11 is 1.35. The van der Waals surface area contributed by atoms with Crippen LogP contribution < -0.4 is 29.1 Å². The molecule has 8 heteroatoms. The van der Waals surface area contributed by atoms with Gasteiger partial charge in [-0.3, -0.25) is 9.36 Å². The summed E-state index contributed by atoms with van der Waals surface area (Å²) < 4.78 is 18.5. The second kappa shape index (κ2) is 9.54. The molecule has 6 rings (SSSR count). The molecule has 3 aromatic carbocycles. The Morgan fingerprint density at radius 1 is 0.974 bits per heavy atom. The molecule has 2 heterocycles. The highest BCUT2D eigenvalue weighted by molar-refractivity contribution is 7.07. The van der Waals surface area contributed by atoms with Gasteiger partial charge in [0.2, 0.25) is 5.75 Å². The third kappa shape index (κ3) is 3.88. The summed E-state index contributed by atoms with van der Waals surface area (Å²) in [6, 6.07) is 19.3. The van der Waals surface area contributed by atoms with Crippen molar-refractivity contribution in [3.05, 3.63) is 108 Å². The van der Waals surface area contributed by atoms with Crippen molar-refractivity contribution < 1.29 is 19.3 Å². The standard InChI is InChI=1S/C30H26N2O5S/c1-35-20-9-6-8-19(16-20)27-22-12-11-18-7-4-5-10-21(18)26(22)31-30-32(27)29(34)25(38-30)15-17-13-23(36-2)28(33)24(14-17)37-3/h4-10,13-16,27,33H,11-12H2,1-3H3/b25-15-/t27-/m1/s1. The van der Waals surface area contributed by atoms with E-state index < -0.39 is 0 Å². The maximum Gasteiger partial charge on any atom is 0.271 e. The number of thiazole rings is 1. The number of benzene rings is 3.